The summed E-state index contributed by atoms with van der Waals surface area (Å²) in [4.78, 5) is 9.33. The van der Waals surface area contributed by atoms with Crippen LogP contribution < -0.4 is 5.32 Å². The molecule has 0 unspecified atom stereocenters. The predicted molar refractivity (Wildman–Crippen MR) is 88.2 cm³/mol. The van der Waals surface area contributed by atoms with Gasteiger partial charge in [0.15, 0.2) is 5.79 Å². The van der Waals surface area contributed by atoms with E-state index in [0.29, 0.717) is 12.5 Å². The van der Waals surface area contributed by atoms with Crippen molar-refractivity contribution < 1.29 is 9.47 Å². The molecule has 1 fully saturated rings. The largest absolute Gasteiger partial charge is 0.365 e. The van der Waals surface area contributed by atoms with Crippen molar-refractivity contribution in [2.45, 2.75) is 65.1 Å². The molecule has 1 aliphatic rings. The highest BCUT2D eigenvalue weighted by Crippen LogP contribution is 2.25. The number of nitrogens with zero attached hydrogens (tertiary/aromatic N) is 2. The Labute approximate surface area is 133 Å². The van der Waals surface area contributed by atoms with Crippen LogP contribution in [-0.2, 0) is 14.9 Å². The van der Waals surface area contributed by atoms with Crippen LogP contribution in [0.3, 0.4) is 0 Å². The molecular weight excluding hydrogens is 278 g/mol. The van der Waals surface area contributed by atoms with Crippen molar-refractivity contribution in [2.24, 2.45) is 0 Å². The van der Waals surface area contributed by atoms with Gasteiger partial charge in [0.1, 0.15) is 11.6 Å². The Morgan fingerprint density at radius 1 is 1.23 bits per heavy atom. The molecule has 0 saturated carbocycles. The van der Waals surface area contributed by atoms with E-state index in [2.05, 4.69) is 44.9 Å². The van der Waals surface area contributed by atoms with Crippen molar-refractivity contribution in [2.75, 3.05) is 25.1 Å². The SMILES string of the molecule is CC(C)c1nc(NCC2(C)OCCCO2)cc(C(C)(C)C)n1. The van der Waals surface area contributed by atoms with Gasteiger partial charge in [0.25, 0.3) is 0 Å². The number of nitrogens with one attached hydrogen (secondary N) is 1. The van der Waals surface area contributed by atoms with Crippen LogP contribution in [0.5, 0.6) is 0 Å². The van der Waals surface area contributed by atoms with Gasteiger partial charge in [0, 0.05) is 17.4 Å². The van der Waals surface area contributed by atoms with Crippen molar-refractivity contribution >= 4 is 5.82 Å². The van der Waals surface area contributed by atoms with Gasteiger partial charge in [-0.2, -0.15) is 0 Å². The third-order valence-electron chi connectivity index (χ3n) is 3.72. The minimum absolute atomic E-state index is 0.00918. The molecule has 0 radical (unpaired) electrons. The quantitative estimate of drug-likeness (QED) is 0.923. The fourth-order valence-corrected chi connectivity index (χ4v) is 2.23. The summed E-state index contributed by atoms with van der Waals surface area (Å²) in [5.41, 5.74) is 1.04. The number of rotatable bonds is 4. The third-order valence-corrected chi connectivity index (χ3v) is 3.72. The minimum Gasteiger partial charge on any atom is -0.365 e. The molecule has 5 nitrogen and oxygen atoms in total. The zero-order chi connectivity index (χ0) is 16.4. The number of anilines is 1. The molecule has 0 aromatic carbocycles. The average Bonchev–Trinajstić information content (AvgIpc) is 2.45. The van der Waals surface area contributed by atoms with Gasteiger partial charge in [-0.1, -0.05) is 34.6 Å². The summed E-state index contributed by atoms with van der Waals surface area (Å²) >= 11 is 0. The smallest absolute Gasteiger partial charge is 0.182 e. The van der Waals surface area contributed by atoms with Crippen LogP contribution in [0.15, 0.2) is 6.07 Å². The Balaban J connectivity index is 2.17. The van der Waals surface area contributed by atoms with E-state index in [1.807, 2.05) is 13.0 Å². The first kappa shape index (κ1) is 17.2. The molecule has 0 atom stereocenters. The average molecular weight is 307 g/mol. The molecule has 22 heavy (non-hydrogen) atoms. The maximum Gasteiger partial charge on any atom is 0.182 e. The van der Waals surface area contributed by atoms with Crippen LogP contribution in [0.4, 0.5) is 5.82 Å². The lowest BCUT2D eigenvalue weighted by atomic mass is 9.91. The van der Waals surface area contributed by atoms with Gasteiger partial charge in [0.2, 0.25) is 0 Å². The molecule has 5 heteroatoms. The lowest BCUT2D eigenvalue weighted by molar-refractivity contribution is -0.246. The lowest BCUT2D eigenvalue weighted by Gasteiger charge is -2.34. The molecule has 1 aliphatic heterocycles. The minimum atomic E-state index is -0.580. The second-order valence-corrected chi connectivity index (χ2v) is 7.44. The van der Waals surface area contributed by atoms with E-state index in [9.17, 15) is 0 Å². The summed E-state index contributed by atoms with van der Waals surface area (Å²) in [5, 5.41) is 3.36. The topological polar surface area (TPSA) is 56.3 Å². The highest BCUT2D eigenvalue weighted by Gasteiger charge is 2.29. The Morgan fingerprint density at radius 3 is 2.41 bits per heavy atom. The fourth-order valence-electron chi connectivity index (χ4n) is 2.23. The Morgan fingerprint density at radius 2 is 1.86 bits per heavy atom. The van der Waals surface area contributed by atoms with E-state index >= 15 is 0 Å². The van der Waals surface area contributed by atoms with Gasteiger partial charge in [-0.3, -0.25) is 0 Å². The Bertz CT molecular complexity index is 503. The zero-order valence-electron chi connectivity index (χ0n) is 14.7. The fraction of sp³-hybridized carbons (Fsp3) is 0.765. The van der Waals surface area contributed by atoms with E-state index in [1.165, 1.54) is 0 Å². The molecule has 1 N–H and O–H groups in total. The molecule has 124 valence electrons. The van der Waals surface area contributed by atoms with E-state index < -0.39 is 5.79 Å². The molecule has 2 heterocycles. The van der Waals surface area contributed by atoms with Crippen LogP contribution in [0, 0.1) is 0 Å². The van der Waals surface area contributed by atoms with E-state index in [4.69, 9.17) is 14.5 Å². The first-order chi connectivity index (χ1) is 10.2. The van der Waals surface area contributed by atoms with Crippen molar-refractivity contribution in [1.82, 2.24) is 9.97 Å². The normalized spacial score (nSPS) is 18.5. The molecular formula is C17H29N3O2. The first-order valence-corrected chi connectivity index (χ1v) is 8.11. The van der Waals surface area contributed by atoms with Gasteiger partial charge in [-0.15, -0.1) is 0 Å². The Hall–Kier alpha value is -1.20. The van der Waals surface area contributed by atoms with Gasteiger partial charge in [-0.05, 0) is 13.3 Å². The molecule has 1 aromatic rings. The lowest BCUT2D eigenvalue weighted by Crippen LogP contribution is -2.43. The number of hydrogen-bond donors (Lipinski definition) is 1. The van der Waals surface area contributed by atoms with Gasteiger partial charge >= 0.3 is 0 Å². The standard InChI is InChI=1S/C17H29N3O2/c1-12(2)15-19-13(16(3,4)5)10-14(20-15)18-11-17(6)21-8-7-9-22-17/h10,12H,7-9,11H2,1-6H3,(H,18,19,20). The van der Waals surface area contributed by atoms with Gasteiger partial charge in [-0.25, -0.2) is 9.97 Å². The van der Waals surface area contributed by atoms with Gasteiger partial charge < -0.3 is 14.8 Å². The summed E-state index contributed by atoms with van der Waals surface area (Å²) < 4.78 is 11.5. The van der Waals surface area contributed by atoms with Crippen molar-refractivity contribution in [3.8, 4) is 0 Å². The maximum atomic E-state index is 5.73. The molecule has 1 saturated heterocycles. The zero-order valence-corrected chi connectivity index (χ0v) is 14.7. The Kier molecular flexibility index (Phi) is 5.07. The molecule has 0 aliphatic carbocycles. The summed E-state index contributed by atoms with van der Waals surface area (Å²) in [6, 6.07) is 2.03. The molecule has 0 spiro atoms. The second-order valence-electron chi connectivity index (χ2n) is 7.44. The third kappa shape index (κ3) is 4.40. The van der Waals surface area contributed by atoms with Crippen LogP contribution in [0.1, 0.15) is 65.4 Å². The summed E-state index contributed by atoms with van der Waals surface area (Å²) in [6.07, 6.45) is 0.953. The highest BCUT2D eigenvalue weighted by molar-refractivity contribution is 5.38. The molecule has 1 aromatic heterocycles. The monoisotopic (exact) mass is 307 g/mol. The highest BCUT2D eigenvalue weighted by atomic mass is 16.7. The van der Waals surface area contributed by atoms with Gasteiger partial charge in [0.05, 0.1) is 25.5 Å². The first-order valence-electron chi connectivity index (χ1n) is 8.11. The van der Waals surface area contributed by atoms with Crippen LogP contribution in [0.25, 0.3) is 0 Å². The van der Waals surface area contributed by atoms with Crippen molar-refractivity contribution in [3.05, 3.63) is 17.6 Å². The van der Waals surface area contributed by atoms with Crippen LogP contribution >= 0.6 is 0 Å². The number of aromatic nitrogens is 2. The van der Waals surface area contributed by atoms with E-state index in [-0.39, 0.29) is 5.41 Å². The predicted octanol–water partition coefficient (Wildman–Crippen LogP) is 3.46. The molecule has 0 bridgehead atoms. The van der Waals surface area contributed by atoms with Crippen molar-refractivity contribution in [1.29, 1.82) is 0 Å². The summed E-state index contributed by atoms with van der Waals surface area (Å²) in [5.74, 6) is 1.41. The molecule has 0 amide bonds. The summed E-state index contributed by atoms with van der Waals surface area (Å²) in [6.45, 7) is 14.7. The van der Waals surface area contributed by atoms with Crippen LogP contribution in [-0.4, -0.2) is 35.5 Å². The van der Waals surface area contributed by atoms with E-state index in [1.54, 1.807) is 0 Å². The second kappa shape index (κ2) is 6.50. The summed E-state index contributed by atoms with van der Waals surface area (Å²) in [7, 11) is 0. The number of ether oxygens (including phenoxy) is 2. The van der Waals surface area contributed by atoms with Crippen LogP contribution in [0.2, 0.25) is 0 Å². The van der Waals surface area contributed by atoms with E-state index in [0.717, 1.165) is 37.0 Å². The van der Waals surface area contributed by atoms with Crippen molar-refractivity contribution in [3.63, 3.8) is 0 Å². The maximum absolute atomic E-state index is 5.73. The number of hydrogen-bond acceptors (Lipinski definition) is 5. The molecule has 2 rings (SSSR count).